The molecule has 0 saturated heterocycles. The Kier molecular flexibility index (Phi) is 70.7. The first kappa shape index (κ1) is 79.6. The monoisotopic (exact) mass is 1150 g/mol. The zero-order valence-electron chi connectivity index (χ0n) is 55.3. The summed E-state index contributed by atoms with van der Waals surface area (Å²) in [6.45, 7) is 4.17. The van der Waals surface area contributed by atoms with Gasteiger partial charge in [0.05, 0.1) is 6.61 Å². The summed E-state index contributed by atoms with van der Waals surface area (Å²) < 4.78 is 10.8. The Hall–Kier alpha value is -2.40. The molecule has 1 atom stereocenters. The van der Waals surface area contributed by atoms with Crippen molar-refractivity contribution in [1.29, 1.82) is 0 Å². The molecular weight excluding hydrogens is 1000 g/mol. The Morgan fingerprint density at radius 3 is 0.732 bits per heavy atom. The van der Waals surface area contributed by atoms with E-state index >= 15 is 0 Å². The third kappa shape index (κ3) is 70.1. The van der Waals surface area contributed by atoms with E-state index in [1.165, 1.54) is 315 Å². The molecule has 0 saturated carbocycles. The Labute approximate surface area is 512 Å². The molecule has 0 rings (SSSR count). The van der Waals surface area contributed by atoms with Gasteiger partial charge in [0.2, 0.25) is 0 Å². The van der Waals surface area contributed by atoms with E-state index in [0.29, 0.717) is 12.8 Å². The molecule has 0 amide bonds. The van der Waals surface area contributed by atoms with E-state index < -0.39 is 6.10 Å². The van der Waals surface area contributed by atoms with Crippen LogP contribution in [0.15, 0.2) is 60.8 Å². The first-order valence-corrected chi connectivity index (χ1v) is 36.8. The van der Waals surface area contributed by atoms with Crippen LogP contribution in [0.5, 0.6) is 0 Å². The second-order valence-corrected chi connectivity index (χ2v) is 25.0. The van der Waals surface area contributed by atoms with Gasteiger partial charge in [-0.05, 0) is 83.5 Å². The molecule has 0 radical (unpaired) electrons. The molecule has 5 nitrogen and oxygen atoms in total. The maximum Gasteiger partial charge on any atom is 0.306 e. The highest BCUT2D eigenvalue weighted by Gasteiger charge is 2.16. The van der Waals surface area contributed by atoms with Crippen LogP contribution in [0.25, 0.3) is 0 Å². The van der Waals surface area contributed by atoms with Crippen molar-refractivity contribution < 1.29 is 24.2 Å². The van der Waals surface area contributed by atoms with Crippen molar-refractivity contribution in [2.24, 2.45) is 0 Å². The Bertz CT molecular complexity index is 1390. The molecule has 1 N–H and O–H groups in total. The van der Waals surface area contributed by atoms with Gasteiger partial charge in [0.1, 0.15) is 6.61 Å². The average Bonchev–Trinajstić information content (AvgIpc) is 3.49. The second-order valence-electron chi connectivity index (χ2n) is 25.0. The van der Waals surface area contributed by atoms with Gasteiger partial charge in [-0.2, -0.15) is 0 Å². The minimum atomic E-state index is -0.774. The third-order valence-corrected chi connectivity index (χ3v) is 16.8. The number of allylic oxidation sites excluding steroid dienone is 10. The molecule has 0 heterocycles. The van der Waals surface area contributed by atoms with Gasteiger partial charge in [-0.25, -0.2) is 0 Å². The second kappa shape index (κ2) is 72.9. The lowest BCUT2D eigenvalue weighted by molar-refractivity contribution is -0.161. The topological polar surface area (TPSA) is 72.8 Å². The quantitative estimate of drug-likeness (QED) is 0.0373. The lowest BCUT2D eigenvalue weighted by Gasteiger charge is -2.15. The van der Waals surface area contributed by atoms with Gasteiger partial charge in [0, 0.05) is 12.8 Å². The highest BCUT2D eigenvalue weighted by molar-refractivity contribution is 5.70. The molecule has 0 aromatic carbocycles. The number of aliphatic hydroxyl groups excluding tert-OH is 1. The van der Waals surface area contributed by atoms with E-state index in [2.05, 4.69) is 74.6 Å². The third-order valence-electron chi connectivity index (χ3n) is 16.8. The molecule has 1 unspecified atom stereocenters. The van der Waals surface area contributed by atoms with Crippen molar-refractivity contribution in [1.82, 2.24) is 0 Å². The lowest BCUT2D eigenvalue weighted by atomic mass is 10.0. The predicted molar refractivity (Wildman–Crippen MR) is 362 cm³/mol. The van der Waals surface area contributed by atoms with Crippen LogP contribution in [0.2, 0.25) is 0 Å². The number of hydrogen-bond acceptors (Lipinski definition) is 5. The van der Waals surface area contributed by atoms with Gasteiger partial charge in [-0.3, -0.25) is 9.59 Å². The predicted octanol–water partition coefficient (Wildman–Crippen LogP) is 25.7. The lowest BCUT2D eigenvalue weighted by Crippen LogP contribution is -2.28. The average molecular weight is 1150 g/mol. The van der Waals surface area contributed by atoms with Crippen LogP contribution in [-0.2, 0) is 19.1 Å². The van der Waals surface area contributed by atoms with Gasteiger partial charge in [-0.15, -0.1) is 0 Å². The van der Waals surface area contributed by atoms with Crippen LogP contribution >= 0.6 is 0 Å². The summed E-state index contributed by atoms with van der Waals surface area (Å²) in [6, 6.07) is 0. The molecular formula is C77H142O5. The molecule has 0 spiro atoms. The number of unbranched alkanes of at least 4 members (excludes halogenated alkanes) is 51. The molecule has 0 aromatic rings. The summed E-state index contributed by atoms with van der Waals surface area (Å²) in [7, 11) is 0. The van der Waals surface area contributed by atoms with Crippen LogP contribution in [0, 0.1) is 0 Å². The van der Waals surface area contributed by atoms with Crippen molar-refractivity contribution in [2.75, 3.05) is 13.2 Å². The number of carbonyl (C=O) groups is 2. The number of rotatable bonds is 69. The number of hydrogen-bond donors (Lipinski definition) is 1. The first-order chi connectivity index (χ1) is 40.6. The summed E-state index contributed by atoms with van der Waals surface area (Å²) in [5.41, 5.74) is 0. The van der Waals surface area contributed by atoms with E-state index in [0.717, 1.165) is 57.8 Å². The van der Waals surface area contributed by atoms with E-state index in [4.69, 9.17) is 9.47 Å². The maximum atomic E-state index is 12.4. The maximum absolute atomic E-state index is 12.4. The summed E-state index contributed by atoms with van der Waals surface area (Å²) >= 11 is 0. The fraction of sp³-hybridized carbons (Fsp3) is 0.844. The molecule has 480 valence electrons. The van der Waals surface area contributed by atoms with E-state index in [1.807, 2.05) is 0 Å². The molecule has 0 bridgehead atoms. The van der Waals surface area contributed by atoms with Crippen molar-refractivity contribution >= 4 is 11.9 Å². The van der Waals surface area contributed by atoms with Crippen molar-refractivity contribution in [3.63, 3.8) is 0 Å². The van der Waals surface area contributed by atoms with Gasteiger partial charge >= 0.3 is 11.9 Å². The molecule has 5 heteroatoms. The van der Waals surface area contributed by atoms with E-state index in [1.54, 1.807) is 0 Å². The fourth-order valence-electron chi connectivity index (χ4n) is 11.2. The van der Waals surface area contributed by atoms with E-state index in [-0.39, 0.29) is 25.2 Å². The number of esters is 2. The standard InChI is InChI=1S/C77H142O5/c1-3-5-7-9-11-13-15-17-19-21-23-25-27-29-31-32-33-34-35-36-37-38-39-40-41-42-43-44-46-47-49-51-53-55-57-59-61-63-65-67-69-71-76(79)81-74-75(73-78)82-77(80)72-70-68-66-64-62-60-58-56-54-52-50-48-45-30-28-26-24-22-20-18-16-14-12-10-8-6-4-2/h15-18,21-24,28,30,75,78H,3-14,19-20,25-27,29,31-74H2,1-2H3/b17-15-,18-16-,23-21-,24-22-,30-28-. The molecule has 82 heavy (non-hydrogen) atoms. The number of ether oxygens (including phenoxy) is 2. The van der Waals surface area contributed by atoms with Crippen molar-refractivity contribution in [2.45, 2.75) is 405 Å². The van der Waals surface area contributed by atoms with Gasteiger partial charge < -0.3 is 14.6 Å². The van der Waals surface area contributed by atoms with Crippen molar-refractivity contribution in [3.8, 4) is 0 Å². The Morgan fingerprint density at radius 1 is 0.280 bits per heavy atom. The highest BCUT2D eigenvalue weighted by atomic mass is 16.6. The number of carbonyl (C=O) groups excluding carboxylic acids is 2. The van der Waals surface area contributed by atoms with Gasteiger partial charge in [-0.1, -0.05) is 364 Å². The van der Waals surface area contributed by atoms with Crippen LogP contribution < -0.4 is 0 Å². The van der Waals surface area contributed by atoms with Crippen LogP contribution in [-0.4, -0.2) is 36.4 Å². The minimum absolute atomic E-state index is 0.0628. The summed E-state index contributed by atoms with van der Waals surface area (Å²) in [5, 5.41) is 9.70. The highest BCUT2D eigenvalue weighted by Crippen LogP contribution is 2.19. The molecule has 0 aromatic heterocycles. The van der Waals surface area contributed by atoms with Crippen molar-refractivity contribution in [3.05, 3.63) is 60.8 Å². The smallest absolute Gasteiger partial charge is 0.306 e. The molecule has 0 fully saturated rings. The fourth-order valence-corrected chi connectivity index (χ4v) is 11.2. The SMILES string of the molecule is CCCCCCC/C=C\C/C=C\C/C=C\CCCCCCCCCCCCCCC(=O)OC(CO)COC(=O)CCCCCCCCCCCCCCCCCCCCCCCCCCCCCCC/C=C\C/C=C\CCCCCCC. The molecule has 0 aliphatic heterocycles. The first-order valence-electron chi connectivity index (χ1n) is 36.8. The van der Waals surface area contributed by atoms with Crippen LogP contribution in [0.4, 0.5) is 0 Å². The zero-order chi connectivity index (χ0) is 59.1. The van der Waals surface area contributed by atoms with Crippen LogP contribution in [0.3, 0.4) is 0 Å². The summed E-state index contributed by atoms with van der Waals surface area (Å²) in [5.74, 6) is -0.573. The zero-order valence-corrected chi connectivity index (χ0v) is 55.3. The largest absolute Gasteiger partial charge is 0.462 e. The Morgan fingerprint density at radius 2 is 0.488 bits per heavy atom. The normalized spacial score (nSPS) is 12.5. The van der Waals surface area contributed by atoms with Gasteiger partial charge in [0.25, 0.3) is 0 Å². The van der Waals surface area contributed by atoms with Crippen LogP contribution in [0.1, 0.15) is 399 Å². The minimum Gasteiger partial charge on any atom is -0.462 e. The van der Waals surface area contributed by atoms with Gasteiger partial charge in [0.15, 0.2) is 6.10 Å². The molecule has 0 aliphatic carbocycles. The summed E-state index contributed by atoms with van der Waals surface area (Å²) in [6.07, 6.45) is 99.9. The Balaban J connectivity index is 3.38. The van der Waals surface area contributed by atoms with E-state index in [9.17, 15) is 14.7 Å². The number of aliphatic hydroxyl groups is 1. The summed E-state index contributed by atoms with van der Waals surface area (Å²) in [4.78, 5) is 24.7. The molecule has 0 aliphatic rings.